The van der Waals surface area contributed by atoms with Gasteiger partial charge in [0.2, 0.25) is 11.7 Å². The van der Waals surface area contributed by atoms with Crippen LogP contribution in [-0.4, -0.2) is 55.5 Å². The number of alkyl carbamates (subject to hydrolysis) is 1. The average molecular weight is 462 g/mol. The molecule has 33 heavy (non-hydrogen) atoms. The zero-order chi connectivity index (χ0) is 24.1. The van der Waals surface area contributed by atoms with Crippen molar-refractivity contribution in [2.45, 2.75) is 64.6 Å². The predicted octanol–water partition coefficient (Wildman–Crippen LogP) is 2.09. The molecule has 9 nitrogen and oxygen atoms in total. The van der Waals surface area contributed by atoms with E-state index in [0.717, 1.165) is 18.4 Å². The van der Waals surface area contributed by atoms with Gasteiger partial charge in [-0.05, 0) is 30.7 Å². The smallest absolute Gasteiger partial charge is 0.408 e. The molecule has 2 rings (SSSR count). The molecule has 9 heteroatoms. The highest BCUT2D eigenvalue weighted by molar-refractivity contribution is 6.38. The first-order chi connectivity index (χ1) is 15.9. The summed E-state index contributed by atoms with van der Waals surface area (Å²) in [4.78, 5) is 50.2. The van der Waals surface area contributed by atoms with Gasteiger partial charge in [-0.15, -0.1) is 0 Å². The fourth-order valence-electron chi connectivity index (χ4n) is 3.46. The van der Waals surface area contributed by atoms with E-state index < -0.39 is 35.8 Å². The Morgan fingerprint density at radius 1 is 1.12 bits per heavy atom. The highest BCUT2D eigenvalue weighted by Gasteiger charge is 2.30. The molecule has 1 aliphatic rings. The molecule has 0 spiro atoms. The summed E-state index contributed by atoms with van der Waals surface area (Å²) in [5.74, 6) is -1.86. The number of carbonyl (C=O) groups excluding carboxylic acids is 4. The number of ether oxygens (including phenoxy) is 2. The van der Waals surface area contributed by atoms with Crippen LogP contribution in [0.25, 0.3) is 0 Å². The van der Waals surface area contributed by atoms with Crippen molar-refractivity contribution in [2.75, 3.05) is 19.8 Å². The van der Waals surface area contributed by atoms with Crippen molar-refractivity contribution >= 4 is 23.7 Å². The van der Waals surface area contributed by atoms with E-state index >= 15 is 0 Å². The fraction of sp³-hybridized carbons (Fsp3) is 0.583. The third kappa shape index (κ3) is 10.0. The number of hydrogen-bond acceptors (Lipinski definition) is 6. The predicted molar refractivity (Wildman–Crippen MR) is 122 cm³/mol. The van der Waals surface area contributed by atoms with Gasteiger partial charge in [0.15, 0.2) is 0 Å². The van der Waals surface area contributed by atoms with Crippen LogP contribution in [0.2, 0.25) is 0 Å². The van der Waals surface area contributed by atoms with Crippen LogP contribution in [0.1, 0.15) is 51.5 Å². The maximum absolute atomic E-state index is 13.0. The van der Waals surface area contributed by atoms with Crippen molar-refractivity contribution in [3.63, 3.8) is 0 Å². The van der Waals surface area contributed by atoms with Crippen LogP contribution in [0, 0.1) is 5.92 Å². The monoisotopic (exact) mass is 461 g/mol. The van der Waals surface area contributed by atoms with Crippen molar-refractivity contribution in [3.8, 4) is 0 Å². The molecule has 0 saturated carbocycles. The number of benzene rings is 1. The van der Waals surface area contributed by atoms with Gasteiger partial charge in [-0.25, -0.2) is 4.79 Å². The third-order valence-electron chi connectivity index (χ3n) is 5.20. The summed E-state index contributed by atoms with van der Waals surface area (Å²) in [6.45, 7) is 5.08. The van der Waals surface area contributed by atoms with E-state index in [1.54, 1.807) is 0 Å². The summed E-state index contributed by atoms with van der Waals surface area (Å²) in [5.41, 5.74) is 0.827. The van der Waals surface area contributed by atoms with Crippen LogP contribution < -0.4 is 16.0 Å². The molecule has 2 atom stereocenters. The summed E-state index contributed by atoms with van der Waals surface area (Å²) in [6.07, 6.45) is 2.30. The van der Waals surface area contributed by atoms with Gasteiger partial charge in [-0.3, -0.25) is 14.4 Å². The quantitative estimate of drug-likeness (QED) is 0.535. The van der Waals surface area contributed by atoms with Crippen LogP contribution in [0.4, 0.5) is 4.79 Å². The minimum absolute atomic E-state index is 0.0771. The molecule has 3 N–H and O–H groups in total. The number of carbonyl (C=O) groups is 4. The number of amides is 3. The summed E-state index contributed by atoms with van der Waals surface area (Å²) in [6, 6.07) is 7.37. The van der Waals surface area contributed by atoms with Gasteiger partial charge in [0.1, 0.15) is 12.6 Å². The molecule has 1 aliphatic heterocycles. The molecule has 1 saturated heterocycles. The van der Waals surface area contributed by atoms with Crippen molar-refractivity contribution in [3.05, 3.63) is 35.9 Å². The first kappa shape index (κ1) is 26.3. The number of nitrogens with one attached hydrogen (secondary N) is 3. The van der Waals surface area contributed by atoms with Gasteiger partial charge >= 0.3 is 6.09 Å². The van der Waals surface area contributed by atoms with E-state index in [2.05, 4.69) is 16.0 Å². The molecular weight excluding hydrogens is 426 g/mol. The molecule has 1 aromatic rings. The summed E-state index contributed by atoms with van der Waals surface area (Å²) >= 11 is 0. The maximum atomic E-state index is 13.0. The Morgan fingerprint density at radius 3 is 2.61 bits per heavy atom. The molecule has 0 radical (unpaired) electrons. The Bertz CT molecular complexity index is 784. The van der Waals surface area contributed by atoms with Gasteiger partial charge in [0.25, 0.3) is 5.91 Å². The number of hydrogen-bond donors (Lipinski definition) is 3. The minimum Gasteiger partial charge on any atom is -0.445 e. The second-order valence-electron chi connectivity index (χ2n) is 8.53. The Morgan fingerprint density at radius 2 is 1.88 bits per heavy atom. The lowest BCUT2D eigenvalue weighted by molar-refractivity contribution is -0.140. The second kappa shape index (κ2) is 14.3. The molecule has 1 heterocycles. The van der Waals surface area contributed by atoms with Gasteiger partial charge in [0, 0.05) is 13.2 Å². The summed E-state index contributed by atoms with van der Waals surface area (Å²) in [5, 5.41) is 7.81. The molecule has 182 valence electrons. The zero-order valence-electron chi connectivity index (χ0n) is 19.4. The fourth-order valence-corrected chi connectivity index (χ4v) is 3.46. The van der Waals surface area contributed by atoms with Crippen LogP contribution in [0.3, 0.4) is 0 Å². The van der Waals surface area contributed by atoms with E-state index in [9.17, 15) is 19.2 Å². The zero-order valence-corrected chi connectivity index (χ0v) is 19.4. The SMILES string of the molecule is CC(C)CC(NC(=O)OCc1ccccc1)C(=O)NC1CCCCCOCCNC(=O)C1=O. The molecular formula is C24H35N3O6. The van der Waals surface area contributed by atoms with Crippen molar-refractivity contribution in [1.29, 1.82) is 0 Å². The van der Waals surface area contributed by atoms with Crippen LogP contribution in [-0.2, 0) is 30.5 Å². The Hall–Kier alpha value is -2.94. The third-order valence-corrected chi connectivity index (χ3v) is 5.20. The van der Waals surface area contributed by atoms with E-state index in [1.165, 1.54) is 0 Å². The summed E-state index contributed by atoms with van der Waals surface area (Å²) in [7, 11) is 0. The highest BCUT2D eigenvalue weighted by Crippen LogP contribution is 2.10. The van der Waals surface area contributed by atoms with E-state index in [4.69, 9.17) is 9.47 Å². The number of ketones is 1. The number of Topliss-reactive ketones (excluding diaryl/α,β-unsaturated/α-hetero) is 1. The molecule has 2 unspecified atom stereocenters. The van der Waals surface area contributed by atoms with Crippen LogP contribution in [0.5, 0.6) is 0 Å². The van der Waals surface area contributed by atoms with E-state index in [1.807, 2.05) is 44.2 Å². The van der Waals surface area contributed by atoms with E-state index in [-0.39, 0.29) is 19.1 Å². The minimum atomic E-state index is -0.949. The first-order valence-electron chi connectivity index (χ1n) is 11.5. The lowest BCUT2D eigenvalue weighted by Gasteiger charge is -2.24. The molecule has 0 bridgehead atoms. The van der Waals surface area contributed by atoms with Crippen LogP contribution in [0.15, 0.2) is 30.3 Å². The van der Waals surface area contributed by atoms with Gasteiger partial charge in [-0.1, -0.05) is 57.0 Å². The maximum Gasteiger partial charge on any atom is 0.408 e. The Labute approximate surface area is 195 Å². The molecule has 1 aromatic carbocycles. The van der Waals surface area contributed by atoms with Crippen molar-refractivity contribution < 1.29 is 28.7 Å². The Kier molecular flexibility index (Phi) is 11.4. The number of rotatable bonds is 7. The molecule has 3 amide bonds. The molecule has 1 fully saturated rings. The summed E-state index contributed by atoms with van der Waals surface area (Å²) < 4.78 is 10.6. The van der Waals surface area contributed by atoms with Gasteiger partial charge < -0.3 is 25.4 Å². The van der Waals surface area contributed by atoms with Crippen molar-refractivity contribution in [1.82, 2.24) is 16.0 Å². The normalized spacial score (nSPS) is 18.9. The second-order valence-corrected chi connectivity index (χ2v) is 8.53. The van der Waals surface area contributed by atoms with Crippen LogP contribution >= 0.6 is 0 Å². The molecule has 0 aromatic heterocycles. The first-order valence-corrected chi connectivity index (χ1v) is 11.5. The average Bonchev–Trinajstić information content (AvgIpc) is 2.79. The molecule has 0 aliphatic carbocycles. The largest absolute Gasteiger partial charge is 0.445 e. The van der Waals surface area contributed by atoms with Crippen molar-refractivity contribution in [2.24, 2.45) is 5.92 Å². The van der Waals surface area contributed by atoms with Gasteiger partial charge in [0.05, 0.1) is 12.6 Å². The van der Waals surface area contributed by atoms with Gasteiger partial charge in [-0.2, -0.15) is 0 Å². The lowest BCUT2D eigenvalue weighted by Crippen LogP contribution is -2.54. The Balaban J connectivity index is 2.00. The lowest BCUT2D eigenvalue weighted by atomic mass is 10.00. The topological polar surface area (TPSA) is 123 Å². The highest BCUT2D eigenvalue weighted by atomic mass is 16.5. The standard InChI is InChI=1S/C24H35N3O6/c1-17(2)15-20(27-24(31)33-16-18-9-5-3-6-10-18)22(29)26-19-11-7-4-8-13-32-14-12-25-23(30)21(19)28/h3,5-6,9-10,17,19-20H,4,7-8,11-16H2,1-2H3,(H,25,30)(H,26,29)(H,27,31). The van der Waals surface area contributed by atoms with E-state index in [0.29, 0.717) is 32.5 Å².